The van der Waals surface area contributed by atoms with E-state index in [-0.39, 0.29) is 0 Å². The summed E-state index contributed by atoms with van der Waals surface area (Å²) in [7, 11) is 0. The summed E-state index contributed by atoms with van der Waals surface area (Å²) in [6.07, 6.45) is -2.56. The molecule has 0 spiro atoms. The molecule has 90 valence electrons. The summed E-state index contributed by atoms with van der Waals surface area (Å²) in [5.74, 6) is 0.317. The molecule has 0 unspecified atom stereocenters. The van der Waals surface area contributed by atoms with Crippen LogP contribution in [0.3, 0.4) is 0 Å². The molecule has 0 N–H and O–H groups in total. The van der Waals surface area contributed by atoms with Crippen molar-refractivity contribution in [3.8, 4) is 0 Å². The third-order valence-corrected chi connectivity index (χ3v) is 2.70. The van der Waals surface area contributed by atoms with Crippen LogP contribution in [0.1, 0.15) is 11.4 Å². The lowest BCUT2D eigenvalue weighted by Gasteiger charge is -2.10. The molecule has 5 heteroatoms. The first-order chi connectivity index (χ1) is 8.00. The largest absolute Gasteiger partial charge is 0.291 e. The number of hydrogen-bond donors (Lipinski definition) is 0. The Morgan fingerprint density at radius 3 is 2.71 bits per heavy atom. The lowest BCUT2D eigenvalue weighted by atomic mass is 10.1. The summed E-state index contributed by atoms with van der Waals surface area (Å²) in [5.41, 5.74) is 1.05. The molecule has 0 bridgehead atoms. The normalized spacial score (nSPS) is 11.4. The minimum Gasteiger partial charge on any atom is -0.291 e. The molecular weight excluding hydrogens is 226 g/mol. The Balaban J connectivity index is 2.77. The molecule has 1 aromatic carbocycles. The Labute approximate surface area is 96.7 Å². The van der Waals surface area contributed by atoms with Crippen LogP contribution < -0.4 is 5.56 Å². The standard InChI is InChI=1S/C12H12F2N2O/c1-7-4-3-5-9-11(7)15-8(2)16(12(9)17)6-10(13)14/h3-5,10H,6H2,1-2H3. The molecule has 0 aliphatic heterocycles. The van der Waals surface area contributed by atoms with E-state index in [9.17, 15) is 13.6 Å². The number of benzene rings is 1. The van der Waals surface area contributed by atoms with Crippen molar-refractivity contribution < 1.29 is 8.78 Å². The average Bonchev–Trinajstić information content (AvgIpc) is 2.26. The molecule has 3 nitrogen and oxygen atoms in total. The zero-order chi connectivity index (χ0) is 12.6. The van der Waals surface area contributed by atoms with Gasteiger partial charge >= 0.3 is 0 Å². The summed E-state index contributed by atoms with van der Waals surface area (Å²) in [6.45, 7) is 2.79. The Morgan fingerprint density at radius 2 is 2.06 bits per heavy atom. The van der Waals surface area contributed by atoms with Gasteiger partial charge in [-0.1, -0.05) is 12.1 Å². The Hall–Kier alpha value is -1.78. The van der Waals surface area contributed by atoms with E-state index in [0.29, 0.717) is 16.7 Å². The maximum absolute atomic E-state index is 12.4. The first-order valence-electron chi connectivity index (χ1n) is 5.25. The average molecular weight is 238 g/mol. The second-order valence-corrected chi connectivity index (χ2v) is 3.94. The minimum absolute atomic E-state index is 0.317. The molecule has 0 saturated carbocycles. The van der Waals surface area contributed by atoms with Crippen LogP contribution in [0.5, 0.6) is 0 Å². The van der Waals surface area contributed by atoms with E-state index in [4.69, 9.17) is 0 Å². The first-order valence-corrected chi connectivity index (χ1v) is 5.25. The van der Waals surface area contributed by atoms with Crippen molar-refractivity contribution in [3.05, 3.63) is 39.9 Å². The van der Waals surface area contributed by atoms with Gasteiger partial charge in [0, 0.05) is 0 Å². The predicted octanol–water partition coefficient (Wildman–Crippen LogP) is 2.28. The number of aromatic nitrogens is 2. The van der Waals surface area contributed by atoms with E-state index in [1.807, 2.05) is 13.0 Å². The van der Waals surface area contributed by atoms with Gasteiger partial charge < -0.3 is 0 Å². The number of halogens is 2. The highest BCUT2D eigenvalue weighted by Gasteiger charge is 2.12. The first kappa shape index (κ1) is 11.7. The molecule has 2 aromatic rings. The number of nitrogens with zero attached hydrogens (tertiary/aromatic N) is 2. The molecule has 0 amide bonds. The highest BCUT2D eigenvalue weighted by Crippen LogP contribution is 2.13. The van der Waals surface area contributed by atoms with Gasteiger partial charge in [0.1, 0.15) is 5.82 Å². The zero-order valence-corrected chi connectivity index (χ0v) is 9.58. The molecule has 17 heavy (non-hydrogen) atoms. The quantitative estimate of drug-likeness (QED) is 0.804. The predicted molar refractivity (Wildman–Crippen MR) is 61.5 cm³/mol. The SMILES string of the molecule is Cc1cccc2c(=O)n(CC(F)F)c(C)nc12. The monoisotopic (exact) mass is 238 g/mol. The Kier molecular flexibility index (Phi) is 2.92. The number of alkyl halides is 2. The lowest BCUT2D eigenvalue weighted by Crippen LogP contribution is -2.26. The fourth-order valence-electron chi connectivity index (χ4n) is 1.85. The van der Waals surface area contributed by atoms with Gasteiger partial charge in [-0.25, -0.2) is 13.8 Å². The van der Waals surface area contributed by atoms with Gasteiger partial charge in [0.25, 0.3) is 12.0 Å². The van der Waals surface area contributed by atoms with Gasteiger partial charge in [0.15, 0.2) is 0 Å². The maximum atomic E-state index is 12.4. The second-order valence-electron chi connectivity index (χ2n) is 3.94. The lowest BCUT2D eigenvalue weighted by molar-refractivity contribution is 0.124. The number of rotatable bonds is 2. The van der Waals surface area contributed by atoms with Gasteiger partial charge in [-0.05, 0) is 25.5 Å². The maximum Gasteiger partial charge on any atom is 0.261 e. The molecule has 0 aliphatic carbocycles. The van der Waals surface area contributed by atoms with Crippen LogP contribution >= 0.6 is 0 Å². The molecule has 0 fully saturated rings. The van der Waals surface area contributed by atoms with Crippen LogP contribution in [-0.2, 0) is 6.54 Å². The van der Waals surface area contributed by atoms with E-state index in [1.165, 1.54) is 0 Å². The van der Waals surface area contributed by atoms with Gasteiger partial charge in [-0.15, -0.1) is 0 Å². The minimum atomic E-state index is -2.56. The van der Waals surface area contributed by atoms with Crippen LogP contribution in [0, 0.1) is 13.8 Å². The van der Waals surface area contributed by atoms with Crippen molar-refractivity contribution in [2.45, 2.75) is 26.8 Å². The molecular formula is C12H12F2N2O. The summed E-state index contributed by atoms with van der Waals surface area (Å²) in [4.78, 5) is 16.2. The third kappa shape index (κ3) is 2.05. The number of para-hydroxylation sites is 1. The van der Waals surface area contributed by atoms with E-state index < -0.39 is 18.5 Å². The summed E-state index contributed by atoms with van der Waals surface area (Å²) >= 11 is 0. The van der Waals surface area contributed by atoms with Crippen LogP contribution in [0.15, 0.2) is 23.0 Å². The van der Waals surface area contributed by atoms with Crippen molar-refractivity contribution in [2.24, 2.45) is 0 Å². The van der Waals surface area contributed by atoms with Crippen LogP contribution in [0.2, 0.25) is 0 Å². The van der Waals surface area contributed by atoms with Crippen molar-refractivity contribution in [3.63, 3.8) is 0 Å². The van der Waals surface area contributed by atoms with Gasteiger partial charge in [0.2, 0.25) is 0 Å². The molecule has 0 aliphatic rings. The molecule has 0 atom stereocenters. The number of fused-ring (bicyclic) bond motifs is 1. The van der Waals surface area contributed by atoms with E-state index >= 15 is 0 Å². The second kappa shape index (κ2) is 4.24. The fourth-order valence-corrected chi connectivity index (χ4v) is 1.85. The smallest absolute Gasteiger partial charge is 0.261 e. The highest BCUT2D eigenvalue weighted by molar-refractivity contribution is 5.80. The van der Waals surface area contributed by atoms with Crippen LogP contribution in [0.4, 0.5) is 8.78 Å². The molecule has 0 saturated heterocycles. The third-order valence-electron chi connectivity index (χ3n) is 2.70. The molecule has 1 heterocycles. The van der Waals surface area contributed by atoms with Crippen molar-refractivity contribution in [2.75, 3.05) is 0 Å². The van der Waals surface area contributed by atoms with E-state index in [1.54, 1.807) is 19.1 Å². The molecule has 2 rings (SSSR count). The van der Waals surface area contributed by atoms with Crippen molar-refractivity contribution in [1.82, 2.24) is 9.55 Å². The molecule has 1 aromatic heterocycles. The highest BCUT2D eigenvalue weighted by atomic mass is 19.3. The van der Waals surface area contributed by atoms with E-state index in [2.05, 4.69) is 4.98 Å². The number of aryl methyl sites for hydroxylation is 2. The van der Waals surface area contributed by atoms with Crippen molar-refractivity contribution >= 4 is 10.9 Å². The van der Waals surface area contributed by atoms with Gasteiger partial charge in [-0.3, -0.25) is 9.36 Å². The molecule has 0 radical (unpaired) electrons. The van der Waals surface area contributed by atoms with E-state index in [0.717, 1.165) is 10.1 Å². The number of hydrogen-bond acceptors (Lipinski definition) is 2. The zero-order valence-electron chi connectivity index (χ0n) is 9.58. The van der Waals surface area contributed by atoms with Crippen LogP contribution in [0.25, 0.3) is 10.9 Å². The summed E-state index contributed by atoms with van der Waals surface area (Å²) in [6, 6.07) is 5.17. The summed E-state index contributed by atoms with van der Waals surface area (Å²) < 4.78 is 25.8. The van der Waals surface area contributed by atoms with Gasteiger partial charge in [0.05, 0.1) is 17.4 Å². The summed E-state index contributed by atoms with van der Waals surface area (Å²) in [5, 5.41) is 0.385. The van der Waals surface area contributed by atoms with Gasteiger partial charge in [-0.2, -0.15) is 0 Å². The Morgan fingerprint density at radius 1 is 1.35 bits per heavy atom. The van der Waals surface area contributed by atoms with Crippen LogP contribution in [-0.4, -0.2) is 16.0 Å². The topological polar surface area (TPSA) is 34.9 Å². The fraction of sp³-hybridized carbons (Fsp3) is 0.333. The van der Waals surface area contributed by atoms with Crippen molar-refractivity contribution in [1.29, 1.82) is 0 Å². The Bertz CT molecular complexity index is 620.